The summed E-state index contributed by atoms with van der Waals surface area (Å²) in [5.41, 5.74) is 0. The number of alkyl halides is 6. The summed E-state index contributed by atoms with van der Waals surface area (Å²) in [7, 11) is -2.57. The molecule has 0 aromatic carbocycles. The molecule has 13 heteroatoms. The van der Waals surface area contributed by atoms with Gasteiger partial charge in [0.25, 0.3) is 5.12 Å². The van der Waals surface area contributed by atoms with Crippen LogP contribution in [0.4, 0.5) is 26.3 Å². The molecule has 134 valence electrons. The predicted octanol–water partition coefficient (Wildman–Crippen LogP) is 2.23. The molecular weight excluding hydrogens is 372 g/mol. The van der Waals surface area contributed by atoms with Crippen LogP contribution in [0.2, 0.25) is 19.6 Å². The number of amides is 1. The van der Waals surface area contributed by atoms with E-state index >= 15 is 0 Å². The third kappa shape index (κ3) is 8.83. The van der Waals surface area contributed by atoms with E-state index < -0.39 is 61.2 Å². The van der Waals surface area contributed by atoms with E-state index in [1.165, 1.54) is 25.0 Å². The molecule has 0 saturated carbocycles. The van der Waals surface area contributed by atoms with Crippen molar-refractivity contribution in [3.8, 4) is 0 Å². The maximum Gasteiger partial charge on any atom is 0.471 e. The molecule has 1 amide bonds. The van der Waals surface area contributed by atoms with E-state index in [1.54, 1.807) is 0 Å². The fraction of sp³-hybridized carbons (Fsp3) is 0.700. The standard InChI is InChI=1S/C10H13F6NO4SSi/c1-23(2,3)21-6(18)5(17-7(19)9(11,12)13)4-22-8(20)10(14,15)16/h5H,4H2,1-3H3,(H,17,19)/t5-/m0/s1. The highest BCUT2D eigenvalue weighted by molar-refractivity contribution is 8.13. The van der Waals surface area contributed by atoms with Crippen molar-refractivity contribution in [2.75, 3.05) is 5.75 Å². The SMILES string of the molecule is C[Si](C)(C)OC(=O)[C@H](CSC(=O)C(F)(F)F)NC(=O)C(F)(F)F. The van der Waals surface area contributed by atoms with Crippen LogP contribution in [-0.2, 0) is 18.8 Å². The normalized spacial score (nSPS) is 14.1. The average molecular weight is 385 g/mol. The number of halogens is 6. The lowest BCUT2D eigenvalue weighted by atomic mass is 10.3. The number of nitrogens with one attached hydrogen (secondary N) is 1. The van der Waals surface area contributed by atoms with Gasteiger partial charge in [0.05, 0.1) is 0 Å². The minimum absolute atomic E-state index is 0.433. The molecule has 0 fully saturated rings. The van der Waals surface area contributed by atoms with Gasteiger partial charge in [0.15, 0.2) is 0 Å². The van der Waals surface area contributed by atoms with Crippen molar-refractivity contribution < 1.29 is 45.2 Å². The Morgan fingerprint density at radius 2 is 1.52 bits per heavy atom. The van der Waals surface area contributed by atoms with Crippen LogP contribution in [0.15, 0.2) is 0 Å². The van der Waals surface area contributed by atoms with Crippen LogP contribution in [0.1, 0.15) is 0 Å². The smallest absolute Gasteiger partial charge is 0.471 e. The van der Waals surface area contributed by atoms with Crippen molar-refractivity contribution in [2.45, 2.75) is 38.0 Å². The summed E-state index contributed by atoms with van der Waals surface area (Å²) in [6.07, 6.45) is -10.6. The molecule has 0 radical (unpaired) electrons. The van der Waals surface area contributed by atoms with Gasteiger partial charge < -0.3 is 9.74 Å². The Labute approximate surface area is 132 Å². The van der Waals surface area contributed by atoms with Crippen LogP contribution >= 0.6 is 11.8 Å². The van der Waals surface area contributed by atoms with Crippen LogP contribution in [0, 0.1) is 0 Å². The van der Waals surface area contributed by atoms with E-state index in [9.17, 15) is 40.7 Å². The van der Waals surface area contributed by atoms with E-state index in [4.69, 9.17) is 4.43 Å². The first-order chi connectivity index (χ1) is 10.0. The monoisotopic (exact) mass is 385 g/mol. The van der Waals surface area contributed by atoms with Crippen molar-refractivity contribution >= 4 is 37.1 Å². The Hall–Kier alpha value is -1.24. The average Bonchev–Trinajstić information content (AvgIpc) is 2.28. The number of carbonyl (C=O) groups is 3. The quantitative estimate of drug-likeness (QED) is 0.581. The molecule has 1 N–H and O–H groups in total. The number of thioether (sulfide) groups is 1. The van der Waals surface area contributed by atoms with E-state index in [-0.39, 0.29) is 0 Å². The summed E-state index contributed by atoms with van der Waals surface area (Å²) < 4.78 is 77.6. The second-order valence-corrected chi connectivity index (χ2v) is 10.6. The molecule has 0 spiro atoms. The first-order valence-electron chi connectivity index (χ1n) is 5.88. The molecule has 0 rings (SSSR count). The van der Waals surface area contributed by atoms with Crippen molar-refractivity contribution in [3.05, 3.63) is 0 Å². The lowest BCUT2D eigenvalue weighted by molar-refractivity contribution is -0.175. The molecule has 0 bridgehead atoms. The van der Waals surface area contributed by atoms with E-state index in [1.807, 2.05) is 0 Å². The Morgan fingerprint density at radius 1 is 1.04 bits per heavy atom. The molecule has 0 aliphatic heterocycles. The summed E-state index contributed by atoms with van der Waals surface area (Å²) in [5.74, 6) is -4.89. The maximum absolute atomic E-state index is 12.2. The van der Waals surface area contributed by atoms with Gasteiger partial charge in [-0.05, 0) is 19.6 Å². The fourth-order valence-electron chi connectivity index (χ4n) is 1.02. The third-order valence-electron chi connectivity index (χ3n) is 1.87. The first-order valence-corrected chi connectivity index (χ1v) is 10.3. The molecule has 0 unspecified atom stereocenters. The van der Waals surface area contributed by atoms with E-state index in [0.29, 0.717) is 0 Å². The Morgan fingerprint density at radius 3 is 1.87 bits per heavy atom. The lowest BCUT2D eigenvalue weighted by Crippen LogP contribution is -2.50. The Kier molecular flexibility index (Phi) is 7.14. The molecule has 0 heterocycles. The molecule has 1 atom stereocenters. The zero-order valence-corrected chi connectivity index (χ0v) is 13.9. The number of hydrogen-bond donors (Lipinski definition) is 1. The van der Waals surface area contributed by atoms with Crippen molar-refractivity contribution in [1.82, 2.24) is 5.32 Å². The molecular formula is C10H13F6NO4SSi. The van der Waals surface area contributed by atoms with Gasteiger partial charge in [-0.2, -0.15) is 26.3 Å². The van der Waals surface area contributed by atoms with Crippen LogP contribution in [-0.4, -0.2) is 49.5 Å². The largest absolute Gasteiger partial charge is 0.518 e. The highest BCUT2D eigenvalue weighted by Gasteiger charge is 2.43. The second-order valence-electron chi connectivity index (χ2n) is 5.15. The van der Waals surface area contributed by atoms with Gasteiger partial charge >= 0.3 is 24.2 Å². The van der Waals surface area contributed by atoms with Crippen molar-refractivity contribution in [3.63, 3.8) is 0 Å². The zero-order chi connectivity index (χ0) is 18.6. The molecule has 0 aliphatic rings. The van der Waals surface area contributed by atoms with E-state index in [2.05, 4.69) is 0 Å². The van der Waals surface area contributed by atoms with Gasteiger partial charge in [0.1, 0.15) is 6.04 Å². The fourth-order valence-corrected chi connectivity index (χ4v) is 2.47. The van der Waals surface area contributed by atoms with Gasteiger partial charge in [-0.15, -0.1) is 0 Å². The minimum Gasteiger partial charge on any atom is -0.518 e. The number of hydrogen-bond acceptors (Lipinski definition) is 5. The topological polar surface area (TPSA) is 72.5 Å². The van der Waals surface area contributed by atoms with Gasteiger partial charge in [-0.1, -0.05) is 11.8 Å². The summed E-state index contributed by atoms with van der Waals surface area (Å²) in [6.45, 7) is 4.50. The van der Waals surface area contributed by atoms with Crippen LogP contribution in [0.3, 0.4) is 0 Å². The van der Waals surface area contributed by atoms with Crippen molar-refractivity contribution in [1.29, 1.82) is 0 Å². The first kappa shape index (κ1) is 21.8. The van der Waals surface area contributed by atoms with Gasteiger partial charge in [0.2, 0.25) is 8.32 Å². The molecule has 0 aromatic heterocycles. The molecule has 0 saturated heterocycles. The highest BCUT2D eigenvalue weighted by atomic mass is 32.2. The molecule has 0 aromatic rings. The summed E-state index contributed by atoms with van der Waals surface area (Å²) in [4.78, 5) is 33.3. The molecule has 5 nitrogen and oxygen atoms in total. The maximum atomic E-state index is 12.2. The predicted molar refractivity (Wildman–Crippen MR) is 70.9 cm³/mol. The minimum atomic E-state index is -5.34. The van der Waals surface area contributed by atoms with Gasteiger partial charge in [-0.25, -0.2) is 0 Å². The van der Waals surface area contributed by atoms with Crippen LogP contribution in [0.5, 0.6) is 0 Å². The van der Waals surface area contributed by atoms with Crippen LogP contribution < -0.4 is 5.32 Å². The zero-order valence-electron chi connectivity index (χ0n) is 12.1. The summed E-state index contributed by atoms with van der Waals surface area (Å²) in [6, 6.07) is -2.04. The Bertz CT molecular complexity index is 473. The highest BCUT2D eigenvalue weighted by Crippen LogP contribution is 2.24. The Balaban J connectivity index is 5.05. The number of rotatable bonds is 5. The van der Waals surface area contributed by atoms with Crippen LogP contribution in [0.25, 0.3) is 0 Å². The van der Waals surface area contributed by atoms with Crippen molar-refractivity contribution in [2.24, 2.45) is 0 Å². The summed E-state index contributed by atoms with van der Waals surface area (Å²) in [5, 5.41) is -1.07. The lowest BCUT2D eigenvalue weighted by Gasteiger charge is -2.23. The van der Waals surface area contributed by atoms with Gasteiger partial charge in [-0.3, -0.25) is 14.4 Å². The van der Waals surface area contributed by atoms with Gasteiger partial charge in [0, 0.05) is 5.75 Å². The van der Waals surface area contributed by atoms with E-state index in [0.717, 1.165) is 0 Å². The second kappa shape index (κ2) is 7.55. The third-order valence-corrected chi connectivity index (χ3v) is 3.67. The number of carbonyl (C=O) groups excluding carboxylic acids is 3. The molecule has 23 heavy (non-hydrogen) atoms. The summed E-state index contributed by atoms with van der Waals surface area (Å²) >= 11 is -0.433. The molecule has 0 aliphatic carbocycles.